The number of aromatic nitrogens is 4. The van der Waals surface area contributed by atoms with Crippen molar-refractivity contribution in [2.45, 2.75) is 66.2 Å². The number of hydrogen-bond donors (Lipinski definition) is 0. The molecule has 0 aliphatic heterocycles. The summed E-state index contributed by atoms with van der Waals surface area (Å²) in [6, 6.07) is 36.2. The molecule has 3 heterocycles. The zero-order chi connectivity index (χ0) is 32.5. The highest BCUT2D eigenvalue weighted by Gasteiger charge is 2.18. The van der Waals surface area contributed by atoms with Crippen LogP contribution < -0.4 is 4.74 Å². The Morgan fingerprint density at radius 2 is 1.57 bits per heavy atom. The zero-order valence-corrected chi connectivity index (χ0v) is 28.0. The zero-order valence-electron chi connectivity index (χ0n) is 28.0. The fraction of sp³-hybridized carbons (Fsp3) is 0.238. The van der Waals surface area contributed by atoms with Crippen LogP contribution in [0.1, 0.15) is 68.0 Å². The first kappa shape index (κ1) is 30.5. The number of aryl methyl sites for hydroxylation is 2. The molecule has 0 radical (unpaired) electrons. The third-order valence-electron chi connectivity index (χ3n) is 9.35. The predicted octanol–water partition coefficient (Wildman–Crippen LogP) is 11.4. The number of hydrogen-bond acceptors (Lipinski definition) is 3. The van der Waals surface area contributed by atoms with E-state index < -0.39 is 0 Å². The highest BCUT2D eigenvalue weighted by molar-refractivity contribution is 6.09. The molecule has 0 fully saturated rings. The van der Waals surface area contributed by atoms with E-state index in [4.69, 9.17) is 14.8 Å². The lowest BCUT2D eigenvalue weighted by molar-refractivity contribution is 0.483. The van der Waals surface area contributed by atoms with Crippen LogP contribution in [0.5, 0.6) is 11.5 Å². The van der Waals surface area contributed by atoms with Crippen molar-refractivity contribution in [3.05, 3.63) is 132 Å². The second-order valence-electron chi connectivity index (χ2n) is 12.8. The largest absolute Gasteiger partial charge is 0.457 e. The first-order chi connectivity index (χ1) is 22.9. The maximum Gasteiger partial charge on any atom is 0.137 e. The summed E-state index contributed by atoms with van der Waals surface area (Å²) in [5, 5.41) is 7.36. The number of nitrogens with zero attached hydrogens (tertiary/aromatic N) is 4. The third kappa shape index (κ3) is 5.94. The van der Waals surface area contributed by atoms with Crippen molar-refractivity contribution in [1.29, 1.82) is 0 Å². The van der Waals surface area contributed by atoms with Crippen LogP contribution in [0.2, 0.25) is 0 Å². The SMILES string of the molecule is CCCCCC(C)c1ccc2c(c1)c1ccc(Oc3cccc(-n4nc(C)c(-c5ccccc5)c4C)c3)cc1n2-c1cc(C)ccn1. The van der Waals surface area contributed by atoms with Gasteiger partial charge >= 0.3 is 0 Å². The Morgan fingerprint density at radius 3 is 2.38 bits per heavy atom. The number of unbranched alkanes of at least 4 members (excludes halogenated alkanes) is 2. The number of ether oxygens (including phenoxy) is 1. The molecule has 3 aromatic heterocycles. The normalized spacial score (nSPS) is 12.2. The van der Waals surface area contributed by atoms with E-state index in [1.165, 1.54) is 58.7 Å². The smallest absolute Gasteiger partial charge is 0.137 e. The Balaban J connectivity index is 1.27. The number of rotatable bonds is 10. The Bertz CT molecular complexity index is 2190. The summed E-state index contributed by atoms with van der Waals surface area (Å²) in [5.74, 6) is 2.96. The van der Waals surface area contributed by atoms with Gasteiger partial charge in [-0.05, 0) is 98.3 Å². The topological polar surface area (TPSA) is 44.9 Å². The van der Waals surface area contributed by atoms with E-state index in [-0.39, 0.29) is 0 Å². The van der Waals surface area contributed by atoms with Gasteiger partial charge in [0.25, 0.3) is 0 Å². The van der Waals surface area contributed by atoms with Gasteiger partial charge in [0.05, 0.1) is 22.4 Å². The molecular formula is C42H42N4O. The molecule has 0 bridgehead atoms. The van der Waals surface area contributed by atoms with Crippen LogP contribution >= 0.6 is 0 Å². The molecule has 0 aliphatic carbocycles. The molecule has 0 saturated carbocycles. The van der Waals surface area contributed by atoms with Crippen LogP contribution in [0.15, 0.2) is 109 Å². The number of pyridine rings is 1. The minimum atomic E-state index is 0.516. The molecule has 0 aliphatic rings. The molecule has 1 unspecified atom stereocenters. The first-order valence-electron chi connectivity index (χ1n) is 16.8. The average molecular weight is 619 g/mol. The van der Waals surface area contributed by atoms with Gasteiger partial charge in [0.1, 0.15) is 17.3 Å². The average Bonchev–Trinajstić information content (AvgIpc) is 3.57. The van der Waals surface area contributed by atoms with Crippen LogP contribution in [0, 0.1) is 20.8 Å². The Morgan fingerprint density at radius 1 is 0.745 bits per heavy atom. The van der Waals surface area contributed by atoms with E-state index in [0.717, 1.165) is 45.4 Å². The maximum absolute atomic E-state index is 6.56. The first-order valence-corrected chi connectivity index (χ1v) is 16.8. The van der Waals surface area contributed by atoms with Crippen LogP contribution in [0.4, 0.5) is 0 Å². The van der Waals surface area contributed by atoms with Crippen LogP contribution in [-0.4, -0.2) is 19.3 Å². The van der Waals surface area contributed by atoms with Crippen molar-refractivity contribution in [3.63, 3.8) is 0 Å². The highest BCUT2D eigenvalue weighted by Crippen LogP contribution is 2.37. The minimum Gasteiger partial charge on any atom is -0.457 e. The van der Waals surface area contributed by atoms with Gasteiger partial charge in [-0.15, -0.1) is 0 Å². The lowest BCUT2D eigenvalue weighted by atomic mass is 9.94. The molecule has 1 atom stereocenters. The standard InChI is InChI=1S/C42H42N4O/c1-6-7-9-13-29(3)33-18-21-39-38(25-33)37-20-19-36(27-40(37)45(39)41-24-28(2)22-23-43-41)47-35-17-12-16-34(26-35)46-31(5)42(30(4)44-46)32-14-10-8-11-15-32/h8,10-12,14-27,29H,6-7,9,13H2,1-5H3. The molecule has 7 aromatic rings. The minimum absolute atomic E-state index is 0.516. The highest BCUT2D eigenvalue weighted by atomic mass is 16.5. The summed E-state index contributed by atoms with van der Waals surface area (Å²) in [6.45, 7) is 10.9. The van der Waals surface area contributed by atoms with Crippen LogP contribution in [-0.2, 0) is 0 Å². The van der Waals surface area contributed by atoms with Gasteiger partial charge in [-0.1, -0.05) is 75.6 Å². The quantitative estimate of drug-likeness (QED) is 0.143. The monoisotopic (exact) mass is 618 g/mol. The van der Waals surface area contributed by atoms with Gasteiger partial charge < -0.3 is 4.74 Å². The Kier molecular flexibility index (Phi) is 8.38. The number of fused-ring (bicyclic) bond motifs is 3. The fourth-order valence-corrected chi connectivity index (χ4v) is 6.88. The summed E-state index contributed by atoms with van der Waals surface area (Å²) in [5.41, 5.74) is 10.2. The summed E-state index contributed by atoms with van der Waals surface area (Å²) < 4.78 is 10.8. The van der Waals surface area contributed by atoms with E-state index in [1.54, 1.807) is 0 Å². The molecule has 4 aromatic carbocycles. The second-order valence-corrected chi connectivity index (χ2v) is 12.8. The second kappa shape index (κ2) is 12.9. The van der Waals surface area contributed by atoms with E-state index >= 15 is 0 Å². The van der Waals surface area contributed by atoms with Gasteiger partial charge in [0.15, 0.2) is 0 Å². The fourth-order valence-electron chi connectivity index (χ4n) is 6.88. The third-order valence-corrected chi connectivity index (χ3v) is 9.35. The predicted molar refractivity (Wildman–Crippen MR) is 194 cm³/mol. The lowest BCUT2D eigenvalue weighted by Crippen LogP contribution is -2.00. The van der Waals surface area contributed by atoms with Crippen molar-refractivity contribution >= 4 is 21.8 Å². The molecule has 0 N–H and O–H groups in total. The molecule has 236 valence electrons. The molecule has 5 nitrogen and oxygen atoms in total. The molecular weight excluding hydrogens is 576 g/mol. The van der Waals surface area contributed by atoms with Crippen molar-refractivity contribution in [2.24, 2.45) is 0 Å². The molecule has 0 spiro atoms. The van der Waals surface area contributed by atoms with Gasteiger partial charge in [0, 0.05) is 40.4 Å². The molecule has 47 heavy (non-hydrogen) atoms. The summed E-state index contributed by atoms with van der Waals surface area (Å²) in [6.07, 6.45) is 6.89. The van der Waals surface area contributed by atoms with Gasteiger partial charge in [0.2, 0.25) is 0 Å². The van der Waals surface area contributed by atoms with E-state index in [9.17, 15) is 0 Å². The lowest BCUT2D eigenvalue weighted by Gasteiger charge is -2.12. The van der Waals surface area contributed by atoms with E-state index in [1.807, 2.05) is 35.1 Å². The van der Waals surface area contributed by atoms with E-state index in [0.29, 0.717) is 5.92 Å². The summed E-state index contributed by atoms with van der Waals surface area (Å²) in [7, 11) is 0. The van der Waals surface area contributed by atoms with Crippen molar-refractivity contribution < 1.29 is 4.74 Å². The Labute approximate surface area is 277 Å². The van der Waals surface area contributed by atoms with Crippen LogP contribution in [0.25, 0.3) is 44.4 Å². The van der Waals surface area contributed by atoms with Crippen molar-refractivity contribution in [2.75, 3.05) is 0 Å². The van der Waals surface area contributed by atoms with Crippen molar-refractivity contribution in [3.8, 4) is 34.1 Å². The molecule has 7 rings (SSSR count). The molecule has 0 amide bonds. The van der Waals surface area contributed by atoms with Gasteiger partial charge in [-0.2, -0.15) is 5.10 Å². The van der Waals surface area contributed by atoms with Crippen LogP contribution in [0.3, 0.4) is 0 Å². The van der Waals surface area contributed by atoms with E-state index in [2.05, 4.69) is 118 Å². The summed E-state index contributed by atoms with van der Waals surface area (Å²) >= 11 is 0. The molecule has 0 saturated heterocycles. The maximum atomic E-state index is 6.56. The van der Waals surface area contributed by atoms with Gasteiger partial charge in [-0.3, -0.25) is 4.57 Å². The van der Waals surface area contributed by atoms with Gasteiger partial charge in [-0.25, -0.2) is 9.67 Å². The molecule has 5 heteroatoms. The summed E-state index contributed by atoms with van der Waals surface area (Å²) in [4.78, 5) is 4.80. The van der Waals surface area contributed by atoms with Crippen molar-refractivity contribution in [1.82, 2.24) is 19.3 Å². The Hall–Kier alpha value is -5.16. The number of benzene rings is 4.